The molecule has 1 aliphatic carbocycles. The van der Waals surface area contributed by atoms with Gasteiger partial charge in [0.2, 0.25) is 0 Å². The fourth-order valence-corrected chi connectivity index (χ4v) is 7.42. The van der Waals surface area contributed by atoms with Crippen molar-refractivity contribution in [3.05, 3.63) is 175 Å². The number of nitrogens with zero attached hydrogens (tertiary/aromatic N) is 3. The summed E-state index contributed by atoms with van der Waals surface area (Å²) in [5.41, 5.74) is 12.8. The maximum Gasteiger partial charge on any atom is 0.164 e. The van der Waals surface area contributed by atoms with Crippen molar-refractivity contribution in [2.75, 3.05) is 0 Å². The number of rotatable bonds is 5. The molecular weight excluding hydrogens is 595 g/mol. The minimum Gasteiger partial charge on any atom is -0.208 e. The van der Waals surface area contributed by atoms with Crippen LogP contribution in [0.25, 0.3) is 78.3 Å². The maximum atomic E-state index is 5.11. The smallest absolute Gasteiger partial charge is 0.164 e. The van der Waals surface area contributed by atoms with Crippen molar-refractivity contribution in [1.82, 2.24) is 15.0 Å². The van der Waals surface area contributed by atoms with Crippen LogP contribution in [0.3, 0.4) is 0 Å². The monoisotopic (exact) mass is 627 g/mol. The van der Waals surface area contributed by atoms with Crippen LogP contribution in [0.4, 0.5) is 0 Å². The standard InChI is InChI=1S/C46H33N3/c1-46(2)39-23-12-11-22-38(39)42-40(46)29-34-18-9-10-21-37(34)41(42)35-19-13-20-36(28-35)45-48-43(32-16-7-4-8-17-32)47-44(49-45)33-26-24-31(25-27-33)30-14-5-3-6-15-30/h3-29H,1-2H3. The van der Waals surface area contributed by atoms with Crippen LogP contribution >= 0.6 is 0 Å². The lowest BCUT2D eigenvalue weighted by molar-refractivity contribution is 0.661. The van der Waals surface area contributed by atoms with Crippen LogP contribution in [0.2, 0.25) is 0 Å². The van der Waals surface area contributed by atoms with Gasteiger partial charge in [0.1, 0.15) is 0 Å². The van der Waals surface area contributed by atoms with Gasteiger partial charge >= 0.3 is 0 Å². The summed E-state index contributed by atoms with van der Waals surface area (Å²) in [4.78, 5) is 15.2. The highest BCUT2D eigenvalue weighted by molar-refractivity contribution is 6.08. The van der Waals surface area contributed by atoms with E-state index < -0.39 is 0 Å². The first-order valence-corrected chi connectivity index (χ1v) is 16.8. The fraction of sp³-hybridized carbons (Fsp3) is 0.0652. The van der Waals surface area contributed by atoms with Crippen molar-refractivity contribution < 1.29 is 0 Å². The summed E-state index contributed by atoms with van der Waals surface area (Å²) >= 11 is 0. The summed E-state index contributed by atoms with van der Waals surface area (Å²) in [5.74, 6) is 1.95. The predicted octanol–water partition coefficient (Wildman–Crippen LogP) is 11.7. The van der Waals surface area contributed by atoms with Crippen LogP contribution in [0.1, 0.15) is 25.0 Å². The number of benzene rings is 7. The maximum absolute atomic E-state index is 5.11. The lowest BCUT2D eigenvalue weighted by atomic mass is 9.80. The normalized spacial score (nSPS) is 12.9. The average Bonchev–Trinajstić information content (AvgIpc) is 3.40. The number of hydrogen-bond donors (Lipinski definition) is 0. The van der Waals surface area contributed by atoms with Crippen molar-refractivity contribution in [1.29, 1.82) is 0 Å². The van der Waals surface area contributed by atoms with Crippen LogP contribution in [-0.4, -0.2) is 15.0 Å². The van der Waals surface area contributed by atoms with E-state index in [2.05, 4.69) is 153 Å². The van der Waals surface area contributed by atoms with E-state index in [1.54, 1.807) is 0 Å². The molecule has 0 atom stereocenters. The van der Waals surface area contributed by atoms with E-state index in [0.717, 1.165) is 27.8 Å². The van der Waals surface area contributed by atoms with Gasteiger partial charge in [0.15, 0.2) is 17.5 Å². The van der Waals surface area contributed by atoms with Crippen molar-refractivity contribution in [3.8, 4) is 67.5 Å². The molecule has 0 fully saturated rings. The van der Waals surface area contributed by atoms with E-state index in [0.29, 0.717) is 17.5 Å². The molecule has 9 rings (SSSR count). The Kier molecular flexibility index (Phi) is 6.80. The average molecular weight is 628 g/mol. The molecule has 0 amide bonds. The second kappa shape index (κ2) is 11.5. The van der Waals surface area contributed by atoms with Crippen LogP contribution < -0.4 is 0 Å². The molecule has 0 radical (unpaired) electrons. The van der Waals surface area contributed by atoms with E-state index in [9.17, 15) is 0 Å². The molecule has 8 aromatic rings. The van der Waals surface area contributed by atoms with Crippen LogP contribution in [0, 0.1) is 0 Å². The Balaban J connectivity index is 1.22. The Labute approximate surface area is 286 Å². The Morgan fingerprint density at radius 2 is 0.878 bits per heavy atom. The van der Waals surface area contributed by atoms with E-state index in [1.807, 2.05) is 24.3 Å². The molecule has 232 valence electrons. The largest absolute Gasteiger partial charge is 0.208 e. The van der Waals surface area contributed by atoms with Gasteiger partial charge in [-0.2, -0.15) is 0 Å². The van der Waals surface area contributed by atoms with Gasteiger partial charge in [0, 0.05) is 22.1 Å². The van der Waals surface area contributed by atoms with Gasteiger partial charge in [-0.05, 0) is 67.4 Å². The Hall–Kier alpha value is -6.19. The first-order chi connectivity index (χ1) is 24.0. The molecule has 3 heteroatoms. The third kappa shape index (κ3) is 4.94. The molecule has 3 nitrogen and oxygen atoms in total. The third-order valence-corrected chi connectivity index (χ3v) is 9.92. The highest BCUT2D eigenvalue weighted by atomic mass is 15.0. The van der Waals surface area contributed by atoms with Gasteiger partial charge in [-0.15, -0.1) is 0 Å². The highest BCUT2D eigenvalue weighted by Crippen LogP contribution is 2.54. The molecule has 0 bridgehead atoms. The molecular formula is C46H33N3. The lowest BCUT2D eigenvalue weighted by Crippen LogP contribution is -2.14. The molecule has 0 saturated carbocycles. The Morgan fingerprint density at radius 1 is 0.367 bits per heavy atom. The number of hydrogen-bond acceptors (Lipinski definition) is 3. The van der Waals surface area contributed by atoms with Gasteiger partial charge in [-0.3, -0.25) is 0 Å². The summed E-state index contributed by atoms with van der Waals surface area (Å²) in [7, 11) is 0. The minimum atomic E-state index is -0.105. The molecule has 0 unspecified atom stereocenters. The zero-order chi connectivity index (χ0) is 33.0. The van der Waals surface area contributed by atoms with Gasteiger partial charge in [-0.25, -0.2) is 15.0 Å². The Bertz CT molecular complexity index is 2500. The summed E-state index contributed by atoms with van der Waals surface area (Å²) in [6, 6.07) is 57.8. The van der Waals surface area contributed by atoms with E-state index in [1.165, 1.54) is 44.2 Å². The van der Waals surface area contributed by atoms with Crippen LogP contribution in [0.5, 0.6) is 0 Å². The summed E-state index contributed by atoms with van der Waals surface area (Å²) in [5, 5.41) is 2.49. The van der Waals surface area contributed by atoms with Crippen LogP contribution in [0.15, 0.2) is 164 Å². The zero-order valence-electron chi connectivity index (χ0n) is 27.4. The van der Waals surface area contributed by atoms with Crippen LogP contribution in [-0.2, 0) is 5.41 Å². The molecule has 0 saturated heterocycles. The molecule has 49 heavy (non-hydrogen) atoms. The van der Waals surface area contributed by atoms with Gasteiger partial charge in [-0.1, -0.05) is 166 Å². The Morgan fingerprint density at radius 3 is 1.61 bits per heavy atom. The summed E-state index contributed by atoms with van der Waals surface area (Å²) in [6.07, 6.45) is 0. The van der Waals surface area contributed by atoms with Gasteiger partial charge in [0.05, 0.1) is 0 Å². The molecule has 1 aromatic heterocycles. The van der Waals surface area contributed by atoms with E-state index in [4.69, 9.17) is 15.0 Å². The van der Waals surface area contributed by atoms with E-state index in [-0.39, 0.29) is 5.41 Å². The predicted molar refractivity (Wildman–Crippen MR) is 202 cm³/mol. The van der Waals surface area contributed by atoms with Crippen molar-refractivity contribution in [3.63, 3.8) is 0 Å². The van der Waals surface area contributed by atoms with E-state index >= 15 is 0 Å². The summed E-state index contributed by atoms with van der Waals surface area (Å²) in [6.45, 7) is 4.69. The van der Waals surface area contributed by atoms with Crippen molar-refractivity contribution in [2.45, 2.75) is 19.3 Å². The molecule has 7 aromatic carbocycles. The van der Waals surface area contributed by atoms with Crippen molar-refractivity contribution in [2.24, 2.45) is 0 Å². The first kappa shape index (κ1) is 29.0. The molecule has 1 aliphatic rings. The SMILES string of the molecule is CC1(C)c2ccccc2-c2c1cc1ccccc1c2-c1cccc(-c2nc(-c3ccccc3)nc(-c3ccc(-c4ccccc4)cc3)n2)c1. The lowest BCUT2D eigenvalue weighted by Gasteiger charge is -2.23. The third-order valence-electron chi connectivity index (χ3n) is 9.92. The number of fused-ring (bicyclic) bond motifs is 4. The fourth-order valence-electron chi connectivity index (χ4n) is 7.42. The highest BCUT2D eigenvalue weighted by Gasteiger charge is 2.37. The topological polar surface area (TPSA) is 38.7 Å². The number of aromatic nitrogens is 3. The minimum absolute atomic E-state index is 0.105. The zero-order valence-corrected chi connectivity index (χ0v) is 27.4. The quantitative estimate of drug-likeness (QED) is 0.191. The molecule has 0 N–H and O–H groups in total. The van der Waals surface area contributed by atoms with Gasteiger partial charge < -0.3 is 0 Å². The van der Waals surface area contributed by atoms with Gasteiger partial charge in [0.25, 0.3) is 0 Å². The second-order valence-electron chi connectivity index (χ2n) is 13.3. The van der Waals surface area contributed by atoms with Crippen molar-refractivity contribution >= 4 is 10.8 Å². The molecule has 0 aliphatic heterocycles. The second-order valence-corrected chi connectivity index (χ2v) is 13.3. The summed E-state index contributed by atoms with van der Waals surface area (Å²) < 4.78 is 0. The molecule has 1 heterocycles. The first-order valence-electron chi connectivity index (χ1n) is 16.8. The molecule has 0 spiro atoms.